The molecule has 7 heteroatoms. The van der Waals surface area contributed by atoms with Gasteiger partial charge < -0.3 is 0 Å². The molecule has 3 rings (SSSR count). The zero-order valence-electron chi connectivity index (χ0n) is 12.1. The van der Waals surface area contributed by atoms with E-state index in [-0.39, 0.29) is 0 Å². The quantitative estimate of drug-likeness (QED) is 0.520. The van der Waals surface area contributed by atoms with E-state index in [1.807, 2.05) is 37.3 Å². The molecule has 0 radical (unpaired) electrons. The third-order valence-electron chi connectivity index (χ3n) is 3.19. The summed E-state index contributed by atoms with van der Waals surface area (Å²) in [5, 5.41) is 12.4. The van der Waals surface area contributed by atoms with Crippen molar-refractivity contribution in [2.45, 2.75) is 6.92 Å². The maximum atomic E-state index is 6.01. The molecule has 0 aliphatic carbocycles. The smallest absolute Gasteiger partial charge is 0.216 e. The monoisotopic (exact) mass is 362 g/mol. The van der Waals surface area contributed by atoms with Gasteiger partial charge in [-0.2, -0.15) is 14.9 Å². The lowest BCUT2D eigenvalue weighted by Gasteiger charge is -2.02. The number of nitrogens with zero attached hydrogens (tertiary/aromatic N) is 3. The number of H-pyrrole nitrogens is 1. The maximum absolute atomic E-state index is 6.01. The Labute approximate surface area is 148 Å². The summed E-state index contributed by atoms with van der Waals surface area (Å²) in [7, 11) is 0. The van der Waals surface area contributed by atoms with E-state index >= 15 is 0 Å². The van der Waals surface area contributed by atoms with Gasteiger partial charge in [0.05, 0.1) is 16.3 Å². The molecule has 0 saturated carbocycles. The Morgan fingerprint density at radius 3 is 2.74 bits per heavy atom. The van der Waals surface area contributed by atoms with Crippen molar-refractivity contribution >= 4 is 41.6 Å². The van der Waals surface area contributed by atoms with Crippen LogP contribution in [0, 0.1) is 11.7 Å². The number of aromatic amines is 1. The van der Waals surface area contributed by atoms with Gasteiger partial charge in [0.25, 0.3) is 0 Å². The van der Waals surface area contributed by atoms with Gasteiger partial charge in [-0.05, 0) is 42.9 Å². The Hall–Kier alpha value is -1.95. The second-order valence-corrected chi connectivity index (χ2v) is 6.15. The van der Waals surface area contributed by atoms with Crippen LogP contribution >= 0.6 is 35.4 Å². The molecule has 0 fully saturated rings. The highest BCUT2D eigenvalue weighted by atomic mass is 35.5. The molecule has 116 valence electrons. The molecule has 0 spiro atoms. The Kier molecular flexibility index (Phi) is 4.61. The Bertz CT molecular complexity index is 943. The van der Waals surface area contributed by atoms with E-state index < -0.39 is 0 Å². The summed E-state index contributed by atoms with van der Waals surface area (Å²) in [6.45, 7) is 2.02. The van der Waals surface area contributed by atoms with Gasteiger partial charge in [-0.15, -0.1) is 0 Å². The number of rotatable bonds is 3. The highest BCUT2D eigenvalue weighted by Gasteiger charge is 2.08. The highest BCUT2D eigenvalue weighted by molar-refractivity contribution is 7.71. The molecule has 23 heavy (non-hydrogen) atoms. The largest absolute Gasteiger partial charge is 0.250 e. The van der Waals surface area contributed by atoms with Crippen LogP contribution in [0.3, 0.4) is 0 Å². The molecule has 0 atom stereocenters. The molecule has 3 aromatic rings. The van der Waals surface area contributed by atoms with Crippen LogP contribution < -0.4 is 0 Å². The number of aryl methyl sites for hydroxylation is 1. The first-order valence-corrected chi connectivity index (χ1v) is 7.95. The van der Waals surface area contributed by atoms with Gasteiger partial charge in [0.1, 0.15) is 0 Å². The Morgan fingerprint density at radius 1 is 1.17 bits per heavy atom. The number of aromatic nitrogens is 3. The molecule has 0 saturated heterocycles. The highest BCUT2D eigenvalue weighted by Crippen LogP contribution is 2.22. The Balaban J connectivity index is 2.00. The van der Waals surface area contributed by atoms with Gasteiger partial charge in [-0.25, -0.2) is 5.10 Å². The van der Waals surface area contributed by atoms with E-state index in [2.05, 4.69) is 15.3 Å². The molecular weight excluding hydrogens is 351 g/mol. The van der Waals surface area contributed by atoms with E-state index in [4.69, 9.17) is 35.4 Å². The lowest BCUT2D eigenvalue weighted by molar-refractivity contribution is 0.871. The Morgan fingerprint density at radius 2 is 2.00 bits per heavy atom. The van der Waals surface area contributed by atoms with Crippen molar-refractivity contribution in [2.24, 2.45) is 5.10 Å². The van der Waals surface area contributed by atoms with E-state index in [1.54, 1.807) is 23.0 Å². The van der Waals surface area contributed by atoms with Crippen molar-refractivity contribution in [2.75, 3.05) is 0 Å². The summed E-state index contributed by atoms with van der Waals surface area (Å²) in [4.78, 5) is 0. The van der Waals surface area contributed by atoms with Crippen LogP contribution in [0.25, 0.3) is 11.4 Å². The number of hydrogen-bond acceptors (Lipinski definition) is 3. The molecular formula is C16H12Cl2N4S. The standard InChI is InChI=1S/C16H12Cl2N4S/c1-10-3-2-4-12(7-10)15-20-21-16(23)22(15)19-9-11-5-6-13(17)14(18)8-11/h2-9H,1H3,(H,21,23)/b19-9-. The van der Waals surface area contributed by atoms with Gasteiger partial charge in [0.15, 0.2) is 5.82 Å². The minimum Gasteiger partial charge on any atom is -0.250 e. The fourth-order valence-corrected chi connectivity index (χ4v) is 2.57. The van der Waals surface area contributed by atoms with Crippen LogP contribution in [0.15, 0.2) is 47.6 Å². The first-order chi connectivity index (χ1) is 11.0. The van der Waals surface area contributed by atoms with E-state index in [1.165, 1.54) is 0 Å². The zero-order chi connectivity index (χ0) is 16.4. The molecule has 1 N–H and O–H groups in total. The molecule has 1 heterocycles. The average Bonchev–Trinajstić information content (AvgIpc) is 2.89. The van der Waals surface area contributed by atoms with Gasteiger partial charge in [-0.1, -0.05) is 53.0 Å². The van der Waals surface area contributed by atoms with Crippen LogP contribution in [-0.2, 0) is 0 Å². The normalized spacial score (nSPS) is 11.3. The number of halogens is 2. The van der Waals surface area contributed by atoms with Crippen LogP contribution in [-0.4, -0.2) is 21.1 Å². The van der Waals surface area contributed by atoms with Crippen molar-refractivity contribution in [3.63, 3.8) is 0 Å². The van der Waals surface area contributed by atoms with Gasteiger partial charge in [0.2, 0.25) is 4.77 Å². The maximum Gasteiger partial charge on any atom is 0.216 e. The van der Waals surface area contributed by atoms with E-state index in [0.29, 0.717) is 20.6 Å². The summed E-state index contributed by atoms with van der Waals surface area (Å²) in [5.74, 6) is 0.648. The third kappa shape index (κ3) is 3.52. The van der Waals surface area contributed by atoms with Gasteiger partial charge in [0, 0.05) is 5.56 Å². The lowest BCUT2D eigenvalue weighted by Crippen LogP contribution is -1.95. The molecule has 0 aliphatic rings. The summed E-state index contributed by atoms with van der Waals surface area (Å²) < 4.78 is 1.99. The zero-order valence-corrected chi connectivity index (χ0v) is 14.5. The minimum atomic E-state index is 0.415. The van der Waals surface area contributed by atoms with Crippen molar-refractivity contribution in [1.29, 1.82) is 0 Å². The lowest BCUT2D eigenvalue weighted by atomic mass is 10.1. The van der Waals surface area contributed by atoms with E-state index in [0.717, 1.165) is 16.7 Å². The van der Waals surface area contributed by atoms with Crippen LogP contribution in [0.4, 0.5) is 0 Å². The number of hydrogen-bond donors (Lipinski definition) is 1. The molecule has 0 amide bonds. The summed E-state index contributed by atoms with van der Waals surface area (Å²) in [6.07, 6.45) is 1.66. The SMILES string of the molecule is Cc1cccc(-c2n[nH]c(=S)n2/N=C\c2ccc(Cl)c(Cl)c2)c1. The predicted octanol–water partition coefficient (Wildman–Crippen LogP) is 5.11. The van der Waals surface area contributed by atoms with Crippen molar-refractivity contribution in [3.8, 4) is 11.4 Å². The predicted molar refractivity (Wildman–Crippen MR) is 97.0 cm³/mol. The second-order valence-electron chi connectivity index (χ2n) is 4.95. The topological polar surface area (TPSA) is 46.0 Å². The van der Waals surface area contributed by atoms with Crippen LogP contribution in [0.1, 0.15) is 11.1 Å². The van der Waals surface area contributed by atoms with Gasteiger partial charge in [-0.3, -0.25) is 0 Å². The number of benzene rings is 2. The minimum absolute atomic E-state index is 0.415. The fraction of sp³-hybridized carbons (Fsp3) is 0.0625. The van der Waals surface area contributed by atoms with Crippen molar-refractivity contribution in [1.82, 2.24) is 14.9 Å². The third-order valence-corrected chi connectivity index (χ3v) is 4.20. The molecule has 0 unspecified atom stereocenters. The van der Waals surface area contributed by atoms with Gasteiger partial charge >= 0.3 is 0 Å². The van der Waals surface area contributed by atoms with Crippen LogP contribution in [0.5, 0.6) is 0 Å². The van der Waals surface area contributed by atoms with Crippen molar-refractivity contribution in [3.05, 3.63) is 68.4 Å². The van der Waals surface area contributed by atoms with Crippen molar-refractivity contribution < 1.29 is 0 Å². The first kappa shape index (κ1) is 15.9. The molecule has 0 aliphatic heterocycles. The molecule has 0 bridgehead atoms. The second kappa shape index (κ2) is 6.66. The summed E-state index contributed by atoms with van der Waals surface area (Å²) >= 11 is 17.2. The molecule has 2 aromatic carbocycles. The average molecular weight is 363 g/mol. The summed E-state index contributed by atoms with van der Waals surface area (Å²) in [6, 6.07) is 13.3. The van der Waals surface area contributed by atoms with E-state index in [9.17, 15) is 0 Å². The first-order valence-electron chi connectivity index (χ1n) is 6.78. The summed E-state index contributed by atoms with van der Waals surface area (Å²) in [5.41, 5.74) is 2.89. The fourth-order valence-electron chi connectivity index (χ4n) is 2.09. The number of nitrogens with one attached hydrogen (secondary N) is 1. The molecule has 4 nitrogen and oxygen atoms in total. The molecule has 1 aromatic heterocycles. The van der Waals surface area contributed by atoms with Crippen LogP contribution in [0.2, 0.25) is 10.0 Å².